The molecular formula is C16H15BrN6O3. The van der Waals surface area contributed by atoms with Crippen LogP contribution in [0, 0.1) is 0 Å². The van der Waals surface area contributed by atoms with E-state index < -0.39 is 5.97 Å². The van der Waals surface area contributed by atoms with Crippen molar-refractivity contribution in [2.45, 2.75) is 20.0 Å². The molecule has 0 spiro atoms. The fourth-order valence-corrected chi connectivity index (χ4v) is 3.23. The molecule has 4 heterocycles. The first-order valence-electron chi connectivity index (χ1n) is 8.10. The van der Waals surface area contributed by atoms with Crippen LogP contribution in [0.25, 0.3) is 5.52 Å². The van der Waals surface area contributed by atoms with Crippen molar-refractivity contribution in [3.8, 4) is 0 Å². The minimum Gasteiger partial charge on any atom is -0.460 e. The van der Waals surface area contributed by atoms with Gasteiger partial charge in [0.1, 0.15) is 0 Å². The number of halogens is 1. The number of ether oxygens (including phenoxy) is 1. The molecule has 10 heteroatoms. The molecule has 0 aromatic carbocycles. The van der Waals surface area contributed by atoms with Crippen LogP contribution in [0.5, 0.6) is 0 Å². The van der Waals surface area contributed by atoms with Gasteiger partial charge in [-0.3, -0.25) is 4.79 Å². The predicted octanol–water partition coefficient (Wildman–Crippen LogP) is 1.52. The SMILES string of the molecule is CCOC(=O)c1nnc2n1CCN(C(=O)c1cc3ccc(Br)cn3n1)C2. The van der Waals surface area contributed by atoms with Gasteiger partial charge < -0.3 is 14.2 Å². The van der Waals surface area contributed by atoms with E-state index in [9.17, 15) is 9.59 Å². The maximum absolute atomic E-state index is 12.8. The number of amides is 1. The summed E-state index contributed by atoms with van der Waals surface area (Å²) in [4.78, 5) is 26.3. The third-order valence-corrected chi connectivity index (χ3v) is 4.61. The van der Waals surface area contributed by atoms with Gasteiger partial charge in [-0.05, 0) is 41.1 Å². The van der Waals surface area contributed by atoms with Gasteiger partial charge in [-0.2, -0.15) is 5.10 Å². The maximum atomic E-state index is 12.8. The van der Waals surface area contributed by atoms with Crippen molar-refractivity contribution < 1.29 is 14.3 Å². The Labute approximate surface area is 156 Å². The molecule has 1 aliphatic heterocycles. The Bertz CT molecular complexity index is 1010. The molecule has 0 N–H and O–H groups in total. The first-order valence-corrected chi connectivity index (χ1v) is 8.89. The van der Waals surface area contributed by atoms with Crippen LogP contribution in [0.2, 0.25) is 0 Å². The van der Waals surface area contributed by atoms with E-state index in [-0.39, 0.29) is 24.9 Å². The molecule has 0 aliphatic carbocycles. The number of fused-ring (bicyclic) bond motifs is 2. The number of nitrogens with zero attached hydrogens (tertiary/aromatic N) is 6. The Balaban J connectivity index is 1.56. The summed E-state index contributed by atoms with van der Waals surface area (Å²) in [6.45, 7) is 3.15. The summed E-state index contributed by atoms with van der Waals surface area (Å²) in [6.07, 6.45) is 1.80. The molecule has 134 valence electrons. The largest absolute Gasteiger partial charge is 0.460 e. The topological polar surface area (TPSA) is 94.6 Å². The van der Waals surface area contributed by atoms with Crippen molar-refractivity contribution in [1.82, 2.24) is 29.3 Å². The minimum absolute atomic E-state index is 0.173. The lowest BCUT2D eigenvalue weighted by atomic mass is 10.3. The number of rotatable bonds is 3. The second kappa shape index (κ2) is 6.52. The zero-order valence-corrected chi connectivity index (χ0v) is 15.5. The average molecular weight is 419 g/mol. The highest BCUT2D eigenvalue weighted by Crippen LogP contribution is 2.18. The summed E-state index contributed by atoms with van der Waals surface area (Å²) in [7, 11) is 0. The quantitative estimate of drug-likeness (QED) is 0.598. The Morgan fingerprint density at radius 1 is 1.27 bits per heavy atom. The van der Waals surface area contributed by atoms with Gasteiger partial charge in [-0.1, -0.05) is 0 Å². The molecular weight excluding hydrogens is 404 g/mol. The third-order valence-electron chi connectivity index (χ3n) is 4.14. The van der Waals surface area contributed by atoms with Crippen molar-refractivity contribution in [2.24, 2.45) is 0 Å². The van der Waals surface area contributed by atoms with Gasteiger partial charge in [-0.25, -0.2) is 9.31 Å². The van der Waals surface area contributed by atoms with E-state index in [1.54, 1.807) is 33.2 Å². The molecule has 0 bridgehead atoms. The summed E-state index contributed by atoms with van der Waals surface area (Å²) >= 11 is 3.39. The number of hydrogen-bond acceptors (Lipinski definition) is 6. The Morgan fingerprint density at radius 2 is 2.12 bits per heavy atom. The highest BCUT2D eigenvalue weighted by atomic mass is 79.9. The van der Waals surface area contributed by atoms with Crippen LogP contribution < -0.4 is 0 Å². The van der Waals surface area contributed by atoms with Gasteiger partial charge in [0.05, 0.1) is 18.7 Å². The van der Waals surface area contributed by atoms with Crippen LogP contribution in [0.1, 0.15) is 33.9 Å². The van der Waals surface area contributed by atoms with Gasteiger partial charge in [-0.15, -0.1) is 10.2 Å². The van der Waals surface area contributed by atoms with E-state index in [2.05, 4.69) is 31.2 Å². The molecule has 0 atom stereocenters. The summed E-state index contributed by atoms with van der Waals surface area (Å²) in [5.41, 5.74) is 1.20. The molecule has 0 radical (unpaired) electrons. The zero-order valence-electron chi connectivity index (χ0n) is 13.9. The maximum Gasteiger partial charge on any atom is 0.376 e. The second-order valence-electron chi connectivity index (χ2n) is 5.78. The van der Waals surface area contributed by atoms with Gasteiger partial charge >= 0.3 is 5.97 Å². The molecule has 3 aromatic rings. The fourth-order valence-electron chi connectivity index (χ4n) is 2.91. The third kappa shape index (κ3) is 2.85. The molecule has 0 unspecified atom stereocenters. The van der Waals surface area contributed by atoms with Crippen LogP contribution in [-0.2, 0) is 17.8 Å². The number of pyridine rings is 1. The smallest absolute Gasteiger partial charge is 0.376 e. The number of carbonyl (C=O) groups excluding carboxylic acids is 2. The van der Waals surface area contributed by atoms with Crippen molar-refractivity contribution in [3.63, 3.8) is 0 Å². The lowest BCUT2D eigenvalue weighted by Crippen LogP contribution is -2.39. The molecule has 4 rings (SSSR count). The average Bonchev–Trinajstić information content (AvgIpc) is 3.24. The monoisotopic (exact) mass is 418 g/mol. The summed E-state index contributed by atoms with van der Waals surface area (Å²) < 4.78 is 9.21. The molecule has 3 aromatic heterocycles. The first-order chi connectivity index (χ1) is 12.6. The van der Waals surface area contributed by atoms with Crippen LogP contribution in [0.4, 0.5) is 0 Å². The van der Waals surface area contributed by atoms with Crippen LogP contribution in [0.3, 0.4) is 0 Å². The Hall–Kier alpha value is -2.75. The Morgan fingerprint density at radius 3 is 2.92 bits per heavy atom. The number of aromatic nitrogens is 5. The van der Waals surface area contributed by atoms with Gasteiger partial charge in [0.15, 0.2) is 11.5 Å². The van der Waals surface area contributed by atoms with E-state index in [4.69, 9.17) is 4.74 Å². The number of hydrogen-bond donors (Lipinski definition) is 0. The van der Waals surface area contributed by atoms with Crippen molar-refractivity contribution in [1.29, 1.82) is 0 Å². The highest BCUT2D eigenvalue weighted by Gasteiger charge is 2.29. The van der Waals surface area contributed by atoms with E-state index in [1.165, 1.54) is 0 Å². The number of esters is 1. The summed E-state index contributed by atoms with van der Waals surface area (Å²) in [5, 5.41) is 12.3. The molecule has 1 aliphatic rings. The summed E-state index contributed by atoms with van der Waals surface area (Å²) in [5.74, 6) is 0.0411. The van der Waals surface area contributed by atoms with E-state index in [1.807, 2.05) is 12.1 Å². The number of carbonyl (C=O) groups is 2. The van der Waals surface area contributed by atoms with E-state index >= 15 is 0 Å². The van der Waals surface area contributed by atoms with Crippen molar-refractivity contribution in [3.05, 3.63) is 46.2 Å². The van der Waals surface area contributed by atoms with Crippen molar-refractivity contribution >= 4 is 33.3 Å². The molecule has 9 nitrogen and oxygen atoms in total. The van der Waals surface area contributed by atoms with Gasteiger partial charge in [0, 0.05) is 23.8 Å². The lowest BCUT2D eigenvalue weighted by Gasteiger charge is -2.26. The molecule has 1 amide bonds. The predicted molar refractivity (Wildman–Crippen MR) is 93.6 cm³/mol. The zero-order chi connectivity index (χ0) is 18.3. The fraction of sp³-hybridized carbons (Fsp3) is 0.312. The normalized spacial score (nSPS) is 13.7. The van der Waals surface area contributed by atoms with Crippen LogP contribution in [0.15, 0.2) is 28.9 Å². The van der Waals surface area contributed by atoms with Crippen LogP contribution >= 0.6 is 15.9 Å². The lowest BCUT2D eigenvalue weighted by molar-refractivity contribution is 0.0501. The molecule has 26 heavy (non-hydrogen) atoms. The second-order valence-corrected chi connectivity index (χ2v) is 6.70. The Kier molecular flexibility index (Phi) is 4.19. The van der Waals surface area contributed by atoms with Gasteiger partial charge in [0.25, 0.3) is 5.91 Å². The van der Waals surface area contributed by atoms with Crippen molar-refractivity contribution in [2.75, 3.05) is 13.2 Å². The summed E-state index contributed by atoms with van der Waals surface area (Å²) in [6, 6.07) is 5.52. The van der Waals surface area contributed by atoms with E-state index in [0.717, 1.165) is 9.99 Å². The van der Waals surface area contributed by atoms with E-state index in [0.29, 0.717) is 24.6 Å². The van der Waals surface area contributed by atoms with Crippen LogP contribution in [-0.4, -0.2) is 54.3 Å². The molecule has 0 fully saturated rings. The molecule has 0 saturated carbocycles. The minimum atomic E-state index is -0.503. The molecule has 0 saturated heterocycles. The highest BCUT2D eigenvalue weighted by molar-refractivity contribution is 9.10. The van der Waals surface area contributed by atoms with Gasteiger partial charge in [0.2, 0.25) is 5.82 Å². The standard InChI is InChI=1S/C16H15BrN6O3/c1-2-26-16(25)14-19-18-13-9-21(5-6-22(13)14)15(24)12-7-11-4-3-10(17)8-23(11)20-12/h3-4,7-8H,2,5-6,9H2,1H3. The first kappa shape index (κ1) is 16.7.